The fourth-order valence-corrected chi connectivity index (χ4v) is 4.05. The number of phenols is 2. The molecule has 0 saturated carbocycles. The van der Waals surface area contributed by atoms with Crippen molar-refractivity contribution < 1.29 is 34.0 Å². The Morgan fingerprint density at radius 3 is 2.50 bits per heavy atom. The summed E-state index contributed by atoms with van der Waals surface area (Å²) in [5.41, 5.74) is 2.34. The second-order valence-corrected chi connectivity index (χ2v) is 7.55. The zero-order valence-corrected chi connectivity index (χ0v) is 17.0. The number of ketones is 1. The molecule has 1 atom stereocenters. The molecule has 0 unspecified atom stereocenters. The maximum absolute atomic E-state index is 13.0. The minimum Gasteiger partial charge on any atom is -0.508 e. The van der Waals surface area contributed by atoms with Crippen molar-refractivity contribution in [3.8, 4) is 28.7 Å². The Morgan fingerprint density at radius 2 is 1.78 bits per heavy atom. The molecule has 160 valence electrons. The Balaban J connectivity index is 1.58. The fourth-order valence-electron chi connectivity index (χ4n) is 4.05. The molecule has 0 aliphatic carbocycles. The van der Waals surface area contributed by atoms with E-state index in [0.717, 1.165) is 5.56 Å². The van der Waals surface area contributed by atoms with Crippen LogP contribution >= 0.6 is 0 Å². The molecule has 2 heterocycles. The largest absolute Gasteiger partial charge is 0.508 e. The lowest BCUT2D eigenvalue weighted by atomic mass is 9.84. The third-order valence-corrected chi connectivity index (χ3v) is 5.58. The maximum atomic E-state index is 13.0. The van der Waals surface area contributed by atoms with Gasteiger partial charge in [-0.25, -0.2) is 0 Å². The summed E-state index contributed by atoms with van der Waals surface area (Å²) in [7, 11) is 1.45. The smallest absolute Gasteiger partial charge is 0.312 e. The van der Waals surface area contributed by atoms with Gasteiger partial charge in [-0.2, -0.15) is 0 Å². The average molecular weight is 430 g/mol. The molecule has 0 spiro atoms. The molecule has 2 aliphatic heterocycles. The number of methoxy groups -OCH3 is 1. The first kappa shape index (κ1) is 19.7. The summed E-state index contributed by atoms with van der Waals surface area (Å²) in [6, 6.07) is 14.5. The number of phenolic OH excluding ortho intramolecular Hbond substituents is 2. The van der Waals surface area contributed by atoms with Gasteiger partial charge in [-0.1, -0.05) is 18.2 Å². The lowest BCUT2D eigenvalue weighted by molar-refractivity contribution is -0.135. The van der Waals surface area contributed by atoms with Crippen molar-refractivity contribution in [2.24, 2.45) is 0 Å². The predicted molar refractivity (Wildman–Crippen MR) is 114 cm³/mol. The molecule has 32 heavy (non-hydrogen) atoms. The van der Waals surface area contributed by atoms with Crippen molar-refractivity contribution >= 4 is 17.8 Å². The second-order valence-electron chi connectivity index (χ2n) is 7.55. The number of Topliss-reactive ketones (excluding diaryl/α,β-unsaturated/α-hetero) is 1. The summed E-state index contributed by atoms with van der Waals surface area (Å²) in [6.45, 7) is 0. The second kappa shape index (κ2) is 7.46. The van der Waals surface area contributed by atoms with Gasteiger partial charge in [-0.3, -0.25) is 9.59 Å². The van der Waals surface area contributed by atoms with E-state index < -0.39 is 0 Å². The number of ether oxygens (including phenoxy) is 3. The molecular weight excluding hydrogens is 412 g/mol. The highest BCUT2D eigenvalue weighted by Gasteiger charge is 2.38. The minimum atomic E-state index is -0.390. The molecule has 0 radical (unpaired) electrons. The highest BCUT2D eigenvalue weighted by atomic mass is 16.5. The summed E-state index contributed by atoms with van der Waals surface area (Å²) in [6.07, 6.45) is 1.62. The molecule has 5 rings (SSSR count). The SMILES string of the molecule is COc1ccc(/C=C2\Oc3c(ccc4c3[C@H](c3ccc(O)cc3)CC(=O)O4)C2=O)cc1O. The number of benzene rings is 3. The monoisotopic (exact) mass is 430 g/mol. The number of esters is 1. The number of carbonyl (C=O) groups is 2. The van der Waals surface area contributed by atoms with Crippen LogP contribution in [-0.4, -0.2) is 29.1 Å². The third kappa shape index (κ3) is 3.24. The first-order valence-electron chi connectivity index (χ1n) is 9.92. The van der Waals surface area contributed by atoms with Gasteiger partial charge in [0, 0.05) is 11.5 Å². The van der Waals surface area contributed by atoms with Crippen molar-refractivity contribution in [3.05, 3.63) is 82.6 Å². The number of hydrogen-bond acceptors (Lipinski definition) is 7. The predicted octanol–water partition coefficient (Wildman–Crippen LogP) is 4.16. The van der Waals surface area contributed by atoms with Crippen LogP contribution in [0.25, 0.3) is 6.08 Å². The van der Waals surface area contributed by atoms with Gasteiger partial charge in [-0.05, 0) is 53.6 Å². The Morgan fingerprint density at radius 1 is 1.00 bits per heavy atom. The van der Waals surface area contributed by atoms with Gasteiger partial charge < -0.3 is 24.4 Å². The van der Waals surface area contributed by atoms with E-state index >= 15 is 0 Å². The van der Waals surface area contributed by atoms with Gasteiger partial charge in [0.1, 0.15) is 17.2 Å². The quantitative estimate of drug-likeness (QED) is 0.365. The molecule has 0 bridgehead atoms. The van der Waals surface area contributed by atoms with Crippen molar-refractivity contribution in [1.29, 1.82) is 0 Å². The number of hydrogen-bond donors (Lipinski definition) is 2. The maximum Gasteiger partial charge on any atom is 0.312 e. The number of fused-ring (bicyclic) bond motifs is 3. The van der Waals surface area contributed by atoms with E-state index in [1.807, 2.05) is 0 Å². The summed E-state index contributed by atoms with van der Waals surface area (Å²) >= 11 is 0. The van der Waals surface area contributed by atoms with Crippen LogP contribution < -0.4 is 14.2 Å². The highest BCUT2D eigenvalue weighted by molar-refractivity contribution is 6.15. The molecule has 3 aromatic carbocycles. The van der Waals surface area contributed by atoms with Gasteiger partial charge >= 0.3 is 5.97 Å². The average Bonchev–Trinajstić information content (AvgIpc) is 3.09. The molecular formula is C25H18O7. The Bertz CT molecular complexity index is 1290. The van der Waals surface area contributed by atoms with E-state index in [9.17, 15) is 19.8 Å². The summed E-state index contributed by atoms with van der Waals surface area (Å²) < 4.78 is 16.5. The van der Waals surface area contributed by atoms with Crippen molar-refractivity contribution in [1.82, 2.24) is 0 Å². The number of carbonyl (C=O) groups excluding carboxylic acids is 2. The number of allylic oxidation sites excluding steroid dienone is 1. The Labute approximate surface area is 183 Å². The molecule has 0 fully saturated rings. The zero-order chi connectivity index (χ0) is 22.4. The molecule has 0 aromatic heterocycles. The van der Waals surface area contributed by atoms with Crippen LogP contribution in [0.15, 0.2) is 60.4 Å². The van der Waals surface area contributed by atoms with Crippen molar-refractivity contribution in [2.45, 2.75) is 12.3 Å². The van der Waals surface area contributed by atoms with Crippen LogP contribution in [0.2, 0.25) is 0 Å². The Hall–Kier alpha value is -4.26. The molecule has 2 N–H and O–H groups in total. The van der Waals surface area contributed by atoms with Gasteiger partial charge in [0.05, 0.1) is 19.1 Å². The van der Waals surface area contributed by atoms with Crippen molar-refractivity contribution in [2.75, 3.05) is 7.11 Å². The standard InChI is InChI=1S/C25H18O7/c1-30-19-8-2-13(10-18(19)27)11-21-24(29)16-7-9-20-23(25(16)32-21)17(12-22(28)31-20)14-3-5-15(26)6-4-14/h2-11,17,26-27H,12H2,1H3/b21-11-/t17-/m0/s1. The van der Waals surface area contributed by atoms with E-state index in [1.165, 1.54) is 19.3 Å². The van der Waals surface area contributed by atoms with Gasteiger partial charge in [0.15, 0.2) is 17.3 Å². The molecule has 0 saturated heterocycles. The Kier molecular flexibility index (Phi) is 4.59. The normalized spacial score (nSPS) is 18.0. The lowest BCUT2D eigenvalue weighted by Gasteiger charge is -2.26. The van der Waals surface area contributed by atoms with E-state index in [2.05, 4.69) is 0 Å². The summed E-state index contributed by atoms with van der Waals surface area (Å²) in [4.78, 5) is 25.2. The zero-order valence-electron chi connectivity index (χ0n) is 17.0. The first-order valence-corrected chi connectivity index (χ1v) is 9.92. The van der Waals surface area contributed by atoms with Gasteiger partial charge in [0.2, 0.25) is 5.78 Å². The number of aromatic hydroxyl groups is 2. The van der Waals surface area contributed by atoms with Crippen molar-refractivity contribution in [3.63, 3.8) is 0 Å². The van der Waals surface area contributed by atoms with Crippen LogP contribution in [0, 0.1) is 0 Å². The van der Waals surface area contributed by atoms with E-state index in [4.69, 9.17) is 14.2 Å². The summed E-state index contributed by atoms with van der Waals surface area (Å²) in [5.74, 6) is 0.0895. The van der Waals surface area contributed by atoms with E-state index in [-0.39, 0.29) is 41.3 Å². The van der Waals surface area contributed by atoms with E-state index in [0.29, 0.717) is 33.9 Å². The molecule has 0 amide bonds. The minimum absolute atomic E-state index is 0.0542. The first-order chi connectivity index (χ1) is 15.4. The van der Waals surface area contributed by atoms with Crippen LogP contribution in [0.4, 0.5) is 0 Å². The molecule has 7 nitrogen and oxygen atoms in total. The topological polar surface area (TPSA) is 102 Å². The van der Waals surface area contributed by atoms with Crippen LogP contribution in [-0.2, 0) is 4.79 Å². The third-order valence-electron chi connectivity index (χ3n) is 5.58. The molecule has 2 aliphatic rings. The van der Waals surface area contributed by atoms with E-state index in [1.54, 1.807) is 48.5 Å². The number of rotatable bonds is 3. The molecule has 7 heteroatoms. The summed E-state index contributed by atoms with van der Waals surface area (Å²) in [5, 5.41) is 19.6. The van der Waals surface area contributed by atoms with Gasteiger partial charge in [-0.15, -0.1) is 0 Å². The van der Waals surface area contributed by atoms with Crippen LogP contribution in [0.5, 0.6) is 28.7 Å². The van der Waals surface area contributed by atoms with Crippen LogP contribution in [0.1, 0.15) is 39.4 Å². The highest BCUT2D eigenvalue weighted by Crippen LogP contribution is 2.49. The molecule has 3 aromatic rings. The fraction of sp³-hybridized carbons (Fsp3) is 0.120. The van der Waals surface area contributed by atoms with Crippen LogP contribution in [0.3, 0.4) is 0 Å². The van der Waals surface area contributed by atoms with Gasteiger partial charge in [0.25, 0.3) is 0 Å². The lowest BCUT2D eigenvalue weighted by Crippen LogP contribution is -2.21.